The van der Waals surface area contributed by atoms with Crippen LogP contribution in [0.3, 0.4) is 0 Å². The highest BCUT2D eigenvalue weighted by Gasteiger charge is 2.30. The number of hydrogen-bond donors (Lipinski definition) is 1. The molecule has 0 aliphatic rings. The maximum atomic E-state index is 13.6. The first kappa shape index (κ1) is 25.5. The van der Waals surface area contributed by atoms with Gasteiger partial charge >= 0.3 is 0 Å². The van der Waals surface area contributed by atoms with Gasteiger partial charge in [0, 0.05) is 17.2 Å². The molecule has 4 heteroatoms. The normalized spacial score (nSPS) is 12.7. The summed E-state index contributed by atoms with van der Waals surface area (Å²) in [5.41, 5.74) is 3.32. The van der Waals surface area contributed by atoms with Gasteiger partial charge < -0.3 is 14.7 Å². The third-order valence-corrected chi connectivity index (χ3v) is 6.26. The topological polar surface area (TPSA) is 49.8 Å². The minimum Gasteiger partial charge on any atom is -0.493 e. The Morgan fingerprint density at radius 1 is 0.853 bits per heavy atom. The molecule has 4 nitrogen and oxygen atoms in total. The predicted octanol–water partition coefficient (Wildman–Crippen LogP) is 7.24. The lowest BCUT2D eigenvalue weighted by molar-refractivity contribution is -0.0129. The van der Waals surface area contributed by atoms with E-state index in [4.69, 9.17) is 4.74 Å². The molecule has 1 N–H and O–H groups in total. The molecule has 0 bridgehead atoms. The minimum atomic E-state index is -1.09. The van der Waals surface area contributed by atoms with Crippen molar-refractivity contribution in [3.63, 3.8) is 0 Å². The molecule has 0 spiro atoms. The van der Waals surface area contributed by atoms with Gasteiger partial charge in [0.1, 0.15) is 5.75 Å². The van der Waals surface area contributed by atoms with E-state index in [0.29, 0.717) is 23.5 Å². The number of benzene rings is 3. The van der Waals surface area contributed by atoms with E-state index >= 15 is 0 Å². The van der Waals surface area contributed by atoms with E-state index in [9.17, 15) is 9.90 Å². The molecule has 0 aliphatic heterocycles. The van der Waals surface area contributed by atoms with Crippen molar-refractivity contribution in [2.75, 3.05) is 6.61 Å². The van der Waals surface area contributed by atoms with Gasteiger partial charge in [0.25, 0.3) is 5.91 Å². The first-order valence-electron chi connectivity index (χ1n) is 12.4. The molecule has 0 saturated carbocycles. The van der Waals surface area contributed by atoms with E-state index in [2.05, 4.69) is 6.92 Å². The molecular weight excluding hydrogens is 422 g/mol. The highest BCUT2D eigenvalue weighted by atomic mass is 16.5. The monoisotopic (exact) mass is 459 g/mol. The van der Waals surface area contributed by atoms with Gasteiger partial charge in [-0.15, -0.1) is 0 Å². The summed E-state index contributed by atoms with van der Waals surface area (Å²) >= 11 is 0. The first-order chi connectivity index (χ1) is 16.6. The zero-order valence-corrected chi connectivity index (χ0v) is 20.6. The molecule has 3 rings (SSSR count). The van der Waals surface area contributed by atoms with Crippen molar-refractivity contribution in [2.24, 2.45) is 0 Å². The molecule has 0 radical (unpaired) electrons. The average Bonchev–Trinajstić information content (AvgIpc) is 2.89. The predicted molar refractivity (Wildman–Crippen MR) is 139 cm³/mol. The zero-order chi connectivity index (χ0) is 24.3. The Labute approximate surface area is 204 Å². The van der Waals surface area contributed by atoms with Gasteiger partial charge in [-0.05, 0) is 49.1 Å². The summed E-state index contributed by atoms with van der Waals surface area (Å²) in [6, 6.07) is 25.0. The molecule has 180 valence electrons. The fourth-order valence-corrected chi connectivity index (χ4v) is 4.02. The highest BCUT2D eigenvalue weighted by Crippen LogP contribution is 2.31. The Morgan fingerprint density at radius 2 is 1.50 bits per heavy atom. The van der Waals surface area contributed by atoms with Crippen LogP contribution in [0.2, 0.25) is 0 Å². The molecule has 0 heterocycles. The van der Waals surface area contributed by atoms with Gasteiger partial charge in [0.2, 0.25) is 0 Å². The number of carbonyl (C=O) groups is 1. The fourth-order valence-electron chi connectivity index (χ4n) is 4.02. The average molecular weight is 460 g/mol. The minimum absolute atomic E-state index is 0.145. The van der Waals surface area contributed by atoms with E-state index in [1.165, 1.54) is 12.8 Å². The van der Waals surface area contributed by atoms with Crippen molar-refractivity contribution in [1.82, 2.24) is 4.90 Å². The van der Waals surface area contributed by atoms with Crippen molar-refractivity contribution in [3.05, 3.63) is 90.0 Å². The van der Waals surface area contributed by atoms with Crippen molar-refractivity contribution in [2.45, 2.75) is 65.1 Å². The van der Waals surface area contributed by atoms with Gasteiger partial charge in [-0.25, -0.2) is 0 Å². The molecule has 1 amide bonds. The molecule has 0 aromatic heterocycles. The quantitative estimate of drug-likeness (QED) is 0.229. The second-order valence-electron chi connectivity index (χ2n) is 8.73. The van der Waals surface area contributed by atoms with Crippen LogP contribution in [0, 0.1) is 0 Å². The van der Waals surface area contributed by atoms with Crippen LogP contribution < -0.4 is 4.74 Å². The third-order valence-electron chi connectivity index (χ3n) is 6.26. The SMILES string of the molecule is CCCCCCOc1ccccc1C(O)N(C(=O)c1ccc(-c2ccccc2)cc1)C(C)CC. The van der Waals surface area contributed by atoms with E-state index < -0.39 is 6.23 Å². The number of amides is 1. The van der Waals surface area contributed by atoms with Gasteiger partial charge in [-0.2, -0.15) is 0 Å². The lowest BCUT2D eigenvalue weighted by Gasteiger charge is -2.34. The lowest BCUT2D eigenvalue weighted by atomic mass is 10.0. The van der Waals surface area contributed by atoms with Crippen LogP contribution in [0.5, 0.6) is 5.75 Å². The number of carbonyl (C=O) groups excluding carboxylic acids is 1. The molecule has 2 unspecified atom stereocenters. The second kappa shape index (κ2) is 13.0. The number of hydrogen-bond acceptors (Lipinski definition) is 3. The number of unbranched alkanes of at least 4 members (excludes halogenated alkanes) is 3. The molecule has 0 fully saturated rings. The number of nitrogens with zero attached hydrogens (tertiary/aromatic N) is 1. The van der Waals surface area contributed by atoms with Crippen LogP contribution in [0.25, 0.3) is 11.1 Å². The van der Waals surface area contributed by atoms with Gasteiger partial charge in [0.15, 0.2) is 6.23 Å². The maximum absolute atomic E-state index is 13.6. The summed E-state index contributed by atoms with van der Waals surface area (Å²) in [5.74, 6) is 0.436. The maximum Gasteiger partial charge on any atom is 0.256 e. The highest BCUT2D eigenvalue weighted by molar-refractivity contribution is 5.95. The Hall–Kier alpha value is -3.11. The van der Waals surface area contributed by atoms with Crippen LogP contribution >= 0.6 is 0 Å². The van der Waals surface area contributed by atoms with Crippen LogP contribution in [0.1, 0.15) is 75.0 Å². The van der Waals surface area contributed by atoms with E-state index in [1.807, 2.05) is 92.7 Å². The Bertz CT molecular complexity index is 1020. The number of aliphatic hydroxyl groups excluding tert-OH is 1. The number of aliphatic hydroxyl groups is 1. The van der Waals surface area contributed by atoms with Gasteiger partial charge in [-0.1, -0.05) is 93.8 Å². The molecular formula is C30H37NO3. The van der Waals surface area contributed by atoms with E-state index in [0.717, 1.165) is 30.4 Å². The van der Waals surface area contributed by atoms with Crippen molar-refractivity contribution in [3.8, 4) is 16.9 Å². The number of para-hydroxylation sites is 1. The molecule has 2 atom stereocenters. The first-order valence-corrected chi connectivity index (χ1v) is 12.4. The summed E-state index contributed by atoms with van der Waals surface area (Å²) in [6.45, 7) is 6.77. The number of ether oxygens (including phenoxy) is 1. The molecule has 0 saturated heterocycles. The van der Waals surface area contributed by atoms with Crippen molar-refractivity contribution >= 4 is 5.91 Å². The van der Waals surface area contributed by atoms with Crippen LogP contribution in [0.15, 0.2) is 78.9 Å². The van der Waals surface area contributed by atoms with Crippen molar-refractivity contribution in [1.29, 1.82) is 0 Å². The van der Waals surface area contributed by atoms with Crippen molar-refractivity contribution < 1.29 is 14.6 Å². The fraction of sp³-hybridized carbons (Fsp3) is 0.367. The molecule has 0 aliphatic carbocycles. The second-order valence-corrected chi connectivity index (χ2v) is 8.73. The van der Waals surface area contributed by atoms with Gasteiger partial charge in [0.05, 0.1) is 6.61 Å². The Morgan fingerprint density at radius 3 is 2.18 bits per heavy atom. The summed E-state index contributed by atoms with van der Waals surface area (Å²) in [7, 11) is 0. The summed E-state index contributed by atoms with van der Waals surface area (Å²) in [6.07, 6.45) is 4.09. The molecule has 34 heavy (non-hydrogen) atoms. The summed E-state index contributed by atoms with van der Waals surface area (Å²) in [5, 5.41) is 11.4. The van der Waals surface area contributed by atoms with Crippen LogP contribution in [-0.4, -0.2) is 28.6 Å². The van der Waals surface area contributed by atoms with E-state index in [1.54, 1.807) is 4.90 Å². The van der Waals surface area contributed by atoms with Crippen LogP contribution in [-0.2, 0) is 0 Å². The Balaban J connectivity index is 1.81. The van der Waals surface area contributed by atoms with Gasteiger partial charge in [-0.3, -0.25) is 4.79 Å². The largest absolute Gasteiger partial charge is 0.493 e. The van der Waals surface area contributed by atoms with E-state index in [-0.39, 0.29) is 11.9 Å². The molecule has 3 aromatic rings. The third kappa shape index (κ3) is 6.48. The zero-order valence-electron chi connectivity index (χ0n) is 20.6. The lowest BCUT2D eigenvalue weighted by Crippen LogP contribution is -2.41. The molecule has 3 aromatic carbocycles. The summed E-state index contributed by atoms with van der Waals surface area (Å²) < 4.78 is 6.02. The standard InChI is InChI=1S/C30H37NO3/c1-4-6-7-13-22-34-28-17-12-11-16-27(28)30(33)31(23(3)5-2)29(32)26-20-18-25(19-21-26)24-14-9-8-10-15-24/h8-12,14-21,23,30,33H,4-7,13,22H2,1-3H3. The smallest absolute Gasteiger partial charge is 0.256 e. The van der Waals surface area contributed by atoms with Crippen LogP contribution in [0.4, 0.5) is 0 Å². The number of rotatable bonds is 12. The summed E-state index contributed by atoms with van der Waals surface area (Å²) in [4.78, 5) is 15.1. The Kier molecular flexibility index (Phi) is 9.72.